The van der Waals surface area contributed by atoms with Gasteiger partial charge in [-0.3, -0.25) is 4.90 Å². The van der Waals surface area contributed by atoms with E-state index in [0.29, 0.717) is 0 Å². The van der Waals surface area contributed by atoms with Gasteiger partial charge >= 0.3 is 0 Å². The van der Waals surface area contributed by atoms with Gasteiger partial charge in [-0.15, -0.1) is 21.5 Å². The molecule has 1 aliphatic heterocycles. The van der Waals surface area contributed by atoms with E-state index < -0.39 is 0 Å². The molecule has 5 rings (SSSR count). The molecule has 0 bridgehead atoms. The molecule has 1 saturated heterocycles. The Balaban J connectivity index is 1.17. The molecule has 1 fully saturated rings. The molecule has 33 heavy (non-hydrogen) atoms. The molecule has 170 valence electrons. The van der Waals surface area contributed by atoms with Crippen molar-refractivity contribution in [1.82, 2.24) is 29.9 Å². The van der Waals surface area contributed by atoms with Crippen molar-refractivity contribution in [3.63, 3.8) is 0 Å². The first kappa shape index (κ1) is 21.5. The van der Waals surface area contributed by atoms with Gasteiger partial charge in [0.2, 0.25) is 0 Å². The highest BCUT2D eigenvalue weighted by Crippen LogP contribution is 2.26. The van der Waals surface area contributed by atoms with E-state index in [1.54, 1.807) is 18.4 Å². The summed E-state index contributed by atoms with van der Waals surface area (Å²) in [7, 11) is 1.68. The van der Waals surface area contributed by atoms with Crippen LogP contribution in [0, 0.1) is 13.8 Å². The molecule has 1 aromatic carbocycles. The van der Waals surface area contributed by atoms with Crippen molar-refractivity contribution in [3.8, 4) is 22.1 Å². The topological polar surface area (TPSA) is 72.2 Å². The summed E-state index contributed by atoms with van der Waals surface area (Å²) in [4.78, 5) is 9.58. The lowest BCUT2D eigenvalue weighted by atomic mass is 10.2. The summed E-state index contributed by atoms with van der Waals surface area (Å²) in [6.07, 6.45) is 0. The van der Waals surface area contributed by atoms with Crippen molar-refractivity contribution in [1.29, 1.82) is 0 Å². The van der Waals surface area contributed by atoms with Gasteiger partial charge in [0.05, 0.1) is 18.5 Å². The summed E-state index contributed by atoms with van der Waals surface area (Å²) in [5.41, 5.74) is 4.28. The first-order valence-corrected chi connectivity index (χ1v) is 11.9. The average Bonchev–Trinajstić information content (AvgIpc) is 3.45. The SMILES string of the molecule is COc1ccc(-c2nc(CN3CCN(c4ccc(-n5nc(C)cc5C)nn4)CC3)cs2)cc1. The third kappa shape index (κ3) is 4.74. The van der Waals surface area contributed by atoms with Crippen molar-refractivity contribution in [2.75, 3.05) is 38.2 Å². The number of nitrogens with zero attached hydrogens (tertiary/aromatic N) is 7. The van der Waals surface area contributed by atoms with Gasteiger partial charge < -0.3 is 9.64 Å². The Labute approximate surface area is 197 Å². The van der Waals surface area contributed by atoms with E-state index in [2.05, 4.69) is 42.6 Å². The zero-order valence-corrected chi connectivity index (χ0v) is 19.9. The van der Waals surface area contributed by atoms with Gasteiger partial charge in [-0.1, -0.05) is 0 Å². The van der Waals surface area contributed by atoms with Gasteiger partial charge in [0.25, 0.3) is 0 Å². The Hall–Kier alpha value is -3.30. The number of aryl methyl sites for hydroxylation is 2. The summed E-state index contributed by atoms with van der Waals surface area (Å²) in [5, 5.41) is 16.6. The summed E-state index contributed by atoms with van der Waals surface area (Å²) in [5.74, 6) is 2.52. The number of rotatable bonds is 6. The Morgan fingerprint density at radius 1 is 0.939 bits per heavy atom. The second-order valence-corrected chi connectivity index (χ2v) is 9.08. The maximum absolute atomic E-state index is 5.24. The summed E-state index contributed by atoms with van der Waals surface area (Å²) in [6, 6.07) is 14.1. The fourth-order valence-corrected chi connectivity index (χ4v) is 4.89. The normalized spacial score (nSPS) is 14.6. The van der Waals surface area contributed by atoms with Crippen LogP contribution in [0.2, 0.25) is 0 Å². The lowest BCUT2D eigenvalue weighted by Crippen LogP contribution is -2.46. The van der Waals surface area contributed by atoms with E-state index in [1.807, 2.05) is 48.9 Å². The maximum atomic E-state index is 5.24. The van der Waals surface area contributed by atoms with Crippen molar-refractivity contribution in [2.24, 2.45) is 0 Å². The zero-order chi connectivity index (χ0) is 22.8. The largest absolute Gasteiger partial charge is 0.497 e. The number of piperazine rings is 1. The lowest BCUT2D eigenvalue weighted by molar-refractivity contribution is 0.247. The maximum Gasteiger partial charge on any atom is 0.176 e. The fraction of sp³-hybridized carbons (Fsp3) is 0.333. The van der Waals surface area contributed by atoms with Crippen LogP contribution in [0.5, 0.6) is 5.75 Å². The predicted molar refractivity (Wildman–Crippen MR) is 130 cm³/mol. The predicted octanol–water partition coefficient (Wildman–Crippen LogP) is 3.73. The molecule has 0 saturated carbocycles. The molecule has 4 heterocycles. The van der Waals surface area contributed by atoms with E-state index in [9.17, 15) is 0 Å². The Kier molecular flexibility index (Phi) is 6.06. The zero-order valence-electron chi connectivity index (χ0n) is 19.1. The first-order chi connectivity index (χ1) is 16.1. The molecular weight excluding hydrogens is 434 g/mol. The molecule has 3 aromatic heterocycles. The summed E-state index contributed by atoms with van der Waals surface area (Å²) < 4.78 is 7.07. The number of thiazole rings is 1. The van der Waals surface area contributed by atoms with Crippen LogP contribution in [-0.2, 0) is 6.54 Å². The van der Waals surface area contributed by atoms with Gasteiger partial charge in [0, 0.05) is 49.4 Å². The molecule has 0 amide bonds. The van der Waals surface area contributed by atoms with Crippen LogP contribution in [0.15, 0.2) is 47.8 Å². The van der Waals surface area contributed by atoms with Crippen LogP contribution in [0.25, 0.3) is 16.4 Å². The molecule has 0 atom stereocenters. The number of hydrogen-bond acceptors (Lipinski definition) is 8. The van der Waals surface area contributed by atoms with E-state index in [1.165, 1.54) is 0 Å². The second kappa shape index (κ2) is 9.29. The third-order valence-corrected chi connectivity index (χ3v) is 6.77. The van der Waals surface area contributed by atoms with Gasteiger partial charge in [-0.2, -0.15) is 5.10 Å². The molecule has 0 unspecified atom stereocenters. The number of ether oxygens (including phenoxy) is 1. The average molecular weight is 462 g/mol. The van der Waals surface area contributed by atoms with Gasteiger partial charge in [0.15, 0.2) is 11.6 Å². The van der Waals surface area contributed by atoms with E-state index in [4.69, 9.17) is 9.72 Å². The second-order valence-electron chi connectivity index (χ2n) is 8.22. The summed E-state index contributed by atoms with van der Waals surface area (Å²) >= 11 is 1.69. The molecular formula is C24H27N7OS. The third-order valence-electron chi connectivity index (χ3n) is 5.83. The summed E-state index contributed by atoms with van der Waals surface area (Å²) in [6.45, 7) is 8.65. The minimum atomic E-state index is 0.749. The highest BCUT2D eigenvalue weighted by Gasteiger charge is 2.20. The number of hydrogen-bond donors (Lipinski definition) is 0. The molecule has 4 aromatic rings. The highest BCUT2D eigenvalue weighted by molar-refractivity contribution is 7.13. The van der Waals surface area contributed by atoms with Gasteiger partial charge in [-0.25, -0.2) is 9.67 Å². The van der Waals surface area contributed by atoms with Crippen molar-refractivity contribution >= 4 is 17.2 Å². The standard InChI is InChI=1S/C24H27N7OS/c1-17-14-18(2)31(28-17)23-9-8-22(26-27-23)30-12-10-29(11-13-30)15-20-16-33-24(25-20)19-4-6-21(32-3)7-5-19/h4-9,14,16H,10-13,15H2,1-3H3. The van der Waals surface area contributed by atoms with Crippen molar-refractivity contribution in [3.05, 3.63) is 64.9 Å². The smallest absolute Gasteiger partial charge is 0.176 e. The number of aromatic nitrogens is 5. The molecule has 0 spiro atoms. The Bertz CT molecular complexity index is 1210. The molecule has 0 N–H and O–H groups in total. The van der Waals surface area contributed by atoms with Gasteiger partial charge in [-0.05, 0) is 56.3 Å². The first-order valence-electron chi connectivity index (χ1n) is 11.0. The van der Waals surface area contributed by atoms with Crippen LogP contribution in [0.3, 0.4) is 0 Å². The monoisotopic (exact) mass is 461 g/mol. The van der Waals surface area contributed by atoms with Crippen LogP contribution in [0.1, 0.15) is 17.1 Å². The van der Waals surface area contributed by atoms with E-state index in [0.717, 1.165) is 77.8 Å². The van der Waals surface area contributed by atoms with Crippen LogP contribution in [0.4, 0.5) is 5.82 Å². The van der Waals surface area contributed by atoms with Crippen LogP contribution < -0.4 is 9.64 Å². The molecule has 0 radical (unpaired) electrons. The number of anilines is 1. The molecule has 9 heteroatoms. The minimum absolute atomic E-state index is 0.749. The fourth-order valence-electron chi connectivity index (χ4n) is 4.07. The molecule has 8 nitrogen and oxygen atoms in total. The van der Waals surface area contributed by atoms with Gasteiger partial charge in [0.1, 0.15) is 10.8 Å². The quantitative estimate of drug-likeness (QED) is 0.433. The van der Waals surface area contributed by atoms with E-state index in [-0.39, 0.29) is 0 Å². The molecule has 1 aliphatic rings. The number of methoxy groups -OCH3 is 1. The van der Waals surface area contributed by atoms with Crippen molar-refractivity contribution < 1.29 is 4.74 Å². The highest BCUT2D eigenvalue weighted by atomic mass is 32.1. The number of benzene rings is 1. The minimum Gasteiger partial charge on any atom is -0.497 e. The molecule has 0 aliphatic carbocycles. The Morgan fingerprint density at radius 2 is 1.67 bits per heavy atom. The lowest BCUT2D eigenvalue weighted by Gasteiger charge is -2.34. The van der Waals surface area contributed by atoms with Crippen LogP contribution in [-0.4, -0.2) is 63.2 Å². The van der Waals surface area contributed by atoms with Crippen molar-refractivity contribution in [2.45, 2.75) is 20.4 Å². The Morgan fingerprint density at radius 3 is 2.30 bits per heavy atom. The van der Waals surface area contributed by atoms with Crippen LogP contribution >= 0.6 is 11.3 Å². The van der Waals surface area contributed by atoms with E-state index >= 15 is 0 Å².